The number of para-hydroxylation sites is 1. The Hall–Kier alpha value is -7.27. The van der Waals surface area contributed by atoms with Crippen LogP contribution in [-0.4, -0.2) is 159 Å². The number of nitrogens with two attached hydrogens (primary N) is 3. The highest BCUT2D eigenvalue weighted by Crippen LogP contribution is 2.26. The topological polar surface area (TPSA) is 370 Å². The molecule has 14 N–H and O–H groups in total. The quantitative estimate of drug-likeness (QED) is 0.0326. The van der Waals surface area contributed by atoms with E-state index in [2.05, 4.69) is 36.9 Å². The van der Waals surface area contributed by atoms with Gasteiger partial charge in [0.2, 0.25) is 59.1 Å². The van der Waals surface area contributed by atoms with Gasteiger partial charge in [-0.1, -0.05) is 38.5 Å². The molecular formula is C48H70N14O10. The van der Waals surface area contributed by atoms with E-state index in [1.807, 2.05) is 31.2 Å². The lowest BCUT2D eigenvalue weighted by Gasteiger charge is -2.33. The zero-order chi connectivity index (χ0) is 52.2. The van der Waals surface area contributed by atoms with Crippen molar-refractivity contribution in [3.05, 3.63) is 36.0 Å². The molecule has 0 unspecified atom stereocenters. The Labute approximate surface area is 417 Å². The summed E-state index contributed by atoms with van der Waals surface area (Å²) in [6.45, 7) is 4.31. The van der Waals surface area contributed by atoms with Gasteiger partial charge < -0.3 is 68.8 Å². The zero-order valence-electron chi connectivity index (χ0n) is 41.0. The van der Waals surface area contributed by atoms with E-state index >= 15 is 0 Å². The molecule has 9 atom stereocenters. The Balaban J connectivity index is 1.18. The van der Waals surface area contributed by atoms with Crippen LogP contribution in [0.4, 0.5) is 0 Å². The van der Waals surface area contributed by atoms with Crippen LogP contribution in [0.25, 0.3) is 10.9 Å². The van der Waals surface area contributed by atoms with Gasteiger partial charge in [-0.25, -0.2) is 0 Å². The van der Waals surface area contributed by atoms with Crippen LogP contribution in [0.1, 0.15) is 103 Å². The lowest BCUT2D eigenvalue weighted by molar-refractivity contribution is -0.145. The smallest absolute Gasteiger partial charge is 0.246 e. The number of fused-ring (bicyclic) bond motifs is 1. The van der Waals surface area contributed by atoms with Crippen LogP contribution in [0.15, 0.2) is 30.5 Å². The summed E-state index contributed by atoms with van der Waals surface area (Å²) in [5.41, 5.74) is 18.1. The van der Waals surface area contributed by atoms with E-state index in [0.717, 1.165) is 16.5 Å². The molecule has 5 heterocycles. The van der Waals surface area contributed by atoms with E-state index in [0.29, 0.717) is 32.1 Å². The van der Waals surface area contributed by atoms with Crippen LogP contribution in [0, 0.1) is 11.3 Å². The fourth-order valence-electron chi connectivity index (χ4n) is 10.1. The molecule has 4 aliphatic rings. The van der Waals surface area contributed by atoms with E-state index < -0.39 is 107 Å². The first-order valence-corrected chi connectivity index (χ1v) is 25.0. The van der Waals surface area contributed by atoms with E-state index in [1.54, 1.807) is 13.1 Å². The second kappa shape index (κ2) is 24.7. The predicted octanol–water partition coefficient (Wildman–Crippen LogP) is -2.04. The van der Waals surface area contributed by atoms with Gasteiger partial charge in [0.1, 0.15) is 48.3 Å². The lowest BCUT2D eigenvalue weighted by atomic mass is 9.96. The third kappa shape index (κ3) is 13.4. The van der Waals surface area contributed by atoms with Gasteiger partial charge in [0.05, 0.1) is 0 Å². The fraction of sp³-hybridized carbons (Fsp3) is 0.604. The van der Waals surface area contributed by atoms with Gasteiger partial charge in [-0.05, 0) is 81.8 Å². The Kier molecular flexibility index (Phi) is 18.6. The SMILES string of the molecule is CC[C@H](C)[C@H](NC(=O)[C@H](CCC(N)=O)NC(=O)[C@@H]1CCCN1C(=O)[C@H](CCCNC(=N)N)NC(=O)[C@@H]1CCCN1C(=O)[C@H](Cc1c[nH]c2ccccc12)NC(=O)[C@@H]1CCC(=O)N1)C(=O)N1CCC[C@H]1C(N)=O. The molecule has 0 spiro atoms. The maximum Gasteiger partial charge on any atom is 0.246 e. The van der Waals surface area contributed by atoms with Crippen molar-refractivity contribution in [1.82, 2.24) is 51.6 Å². The molecule has 0 bridgehead atoms. The van der Waals surface area contributed by atoms with Crippen LogP contribution in [-0.2, 0) is 54.4 Å². The summed E-state index contributed by atoms with van der Waals surface area (Å²) in [6.07, 6.45) is 4.64. The summed E-state index contributed by atoms with van der Waals surface area (Å²) in [7, 11) is 0. The average Bonchev–Trinajstić information content (AvgIpc) is 4.22. The first-order valence-electron chi connectivity index (χ1n) is 25.0. The van der Waals surface area contributed by atoms with Crippen LogP contribution >= 0.6 is 0 Å². The summed E-state index contributed by atoms with van der Waals surface area (Å²) in [5, 5.41) is 24.9. The number of carbonyl (C=O) groups excluding carboxylic acids is 10. The number of hydrogen-bond donors (Lipinski definition) is 11. The van der Waals surface area contributed by atoms with Crippen molar-refractivity contribution in [2.24, 2.45) is 23.1 Å². The fourth-order valence-corrected chi connectivity index (χ4v) is 10.1. The van der Waals surface area contributed by atoms with Crippen molar-refractivity contribution in [3.8, 4) is 0 Å². The number of H-pyrrole nitrogens is 1. The highest BCUT2D eigenvalue weighted by molar-refractivity contribution is 5.99. The maximum atomic E-state index is 14.6. The number of aromatic amines is 1. The highest BCUT2D eigenvalue weighted by Gasteiger charge is 2.44. The number of rotatable bonds is 23. The Morgan fingerprint density at radius 1 is 0.736 bits per heavy atom. The van der Waals surface area contributed by atoms with Crippen molar-refractivity contribution in [2.75, 3.05) is 26.2 Å². The first-order chi connectivity index (χ1) is 34.4. The monoisotopic (exact) mass is 1000 g/mol. The number of aromatic nitrogens is 1. The molecule has 1 aromatic carbocycles. The van der Waals surface area contributed by atoms with Crippen molar-refractivity contribution in [1.29, 1.82) is 5.41 Å². The number of likely N-dealkylation sites (tertiary alicyclic amines) is 3. The average molecular weight is 1000 g/mol. The third-order valence-corrected chi connectivity index (χ3v) is 14.3. The van der Waals surface area contributed by atoms with E-state index in [1.165, 1.54) is 14.7 Å². The highest BCUT2D eigenvalue weighted by atomic mass is 16.2. The predicted molar refractivity (Wildman–Crippen MR) is 261 cm³/mol. The zero-order valence-corrected chi connectivity index (χ0v) is 41.0. The summed E-state index contributed by atoms with van der Waals surface area (Å²) >= 11 is 0. The second-order valence-electron chi connectivity index (χ2n) is 19.2. The normalized spacial score (nSPS) is 21.8. The summed E-state index contributed by atoms with van der Waals surface area (Å²) in [4.78, 5) is 143. The molecule has 4 aliphatic heterocycles. The van der Waals surface area contributed by atoms with Gasteiger partial charge in [-0.2, -0.15) is 0 Å². The Morgan fingerprint density at radius 2 is 1.32 bits per heavy atom. The number of benzene rings is 1. The van der Waals surface area contributed by atoms with Gasteiger partial charge in [-0.3, -0.25) is 53.4 Å². The van der Waals surface area contributed by atoms with Crippen LogP contribution in [0.5, 0.6) is 0 Å². The van der Waals surface area contributed by atoms with Crippen molar-refractivity contribution in [3.63, 3.8) is 0 Å². The molecule has 4 saturated heterocycles. The van der Waals surface area contributed by atoms with Gasteiger partial charge in [0.25, 0.3) is 0 Å². The van der Waals surface area contributed by atoms with Gasteiger partial charge in [-0.15, -0.1) is 0 Å². The van der Waals surface area contributed by atoms with E-state index in [-0.39, 0.29) is 95.8 Å². The molecule has 24 nitrogen and oxygen atoms in total. The Bertz CT molecular complexity index is 2390. The Morgan fingerprint density at radius 3 is 1.90 bits per heavy atom. The maximum absolute atomic E-state index is 14.6. The lowest BCUT2D eigenvalue weighted by Crippen LogP contribution is -2.60. The minimum Gasteiger partial charge on any atom is -0.370 e. The number of nitrogens with zero attached hydrogens (tertiary/aromatic N) is 3. The number of primary amides is 2. The molecule has 24 heteroatoms. The molecule has 6 rings (SSSR count). The number of guanidine groups is 1. The summed E-state index contributed by atoms with van der Waals surface area (Å²) in [6, 6.07) is -1.17. The molecule has 4 fully saturated rings. The summed E-state index contributed by atoms with van der Waals surface area (Å²) in [5.74, 6) is -6.70. The first kappa shape index (κ1) is 54.1. The number of hydrogen-bond acceptors (Lipinski definition) is 11. The van der Waals surface area contributed by atoms with E-state index in [9.17, 15) is 47.9 Å². The molecular weight excluding hydrogens is 933 g/mol. The van der Waals surface area contributed by atoms with Gasteiger partial charge in [0.15, 0.2) is 5.96 Å². The molecule has 0 aliphatic carbocycles. The van der Waals surface area contributed by atoms with Crippen LogP contribution in [0.3, 0.4) is 0 Å². The minimum absolute atomic E-state index is 0.0328. The second-order valence-corrected chi connectivity index (χ2v) is 19.2. The molecule has 392 valence electrons. The molecule has 0 saturated carbocycles. The van der Waals surface area contributed by atoms with Crippen LogP contribution < -0.4 is 49.1 Å². The van der Waals surface area contributed by atoms with Gasteiger partial charge >= 0.3 is 0 Å². The number of nitrogens with one attached hydrogen (secondary N) is 8. The number of carbonyl (C=O) groups is 10. The van der Waals surface area contributed by atoms with Crippen molar-refractivity contribution in [2.45, 2.75) is 152 Å². The van der Waals surface area contributed by atoms with Crippen molar-refractivity contribution < 1.29 is 47.9 Å². The molecule has 0 radical (unpaired) electrons. The minimum atomic E-state index is -1.37. The van der Waals surface area contributed by atoms with Gasteiger partial charge in [0, 0.05) is 62.5 Å². The van der Waals surface area contributed by atoms with Crippen molar-refractivity contribution >= 4 is 75.9 Å². The largest absolute Gasteiger partial charge is 0.370 e. The summed E-state index contributed by atoms with van der Waals surface area (Å²) < 4.78 is 0. The molecule has 72 heavy (non-hydrogen) atoms. The third-order valence-electron chi connectivity index (χ3n) is 14.3. The molecule has 10 amide bonds. The number of amides is 10. The van der Waals surface area contributed by atoms with E-state index in [4.69, 9.17) is 22.6 Å². The standard InChI is InChI=1S/C48H70N14O10/c1-3-26(2)39(47(72)60-21-7-13-34(60)40(50)65)59-42(67)31(16-18-37(49)63)56-43(68)35-14-8-22-61(35)45(70)32(12-6-20-53-48(51)52)57-44(69)36-15-9-23-62(36)46(71)33(58-41(66)30-17-19-38(64)55-30)24-27-25-54-29-11-5-4-10-28(27)29/h4-5,10-11,25-26,30-36,39,54H,3,6-9,12-24H2,1-2H3,(H2,49,63)(H2,50,65)(H,55,64)(H,56,68)(H,57,69)(H,58,66)(H,59,67)(H4,51,52,53)/t26-,30-,31-,32-,33-,34-,35-,36-,39-/m0/s1. The van der Waals surface area contributed by atoms with Crippen LogP contribution in [0.2, 0.25) is 0 Å². The molecule has 2 aromatic rings. The molecule has 1 aromatic heterocycles.